The molecule has 0 aliphatic carbocycles. The van der Waals surface area contributed by atoms with Gasteiger partial charge in [-0.05, 0) is 44.2 Å². The van der Waals surface area contributed by atoms with Crippen LogP contribution < -0.4 is 0 Å². The van der Waals surface area contributed by atoms with E-state index in [1.165, 1.54) is 0 Å². The smallest absolute Gasteiger partial charge is 0.0457 e. The van der Waals surface area contributed by atoms with Gasteiger partial charge in [0, 0.05) is 17.1 Å². The second-order valence-electron chi connectivity index (χ2n) is 4.08. The van der Waals surface area contributed by atoms with Gasteiger partial charge in [0.05, 0.1) is 0 Å². The van der Waals surface area contributed by atoms with Gasteiger partial charge in [0.25, 0.3) is 0 Å². The molecule has 0 amide bonds. The normalized spacial score (nSPS) is 13.0. The van der Waals surface area contributed by atoms with Crippen molar-refractivity contribution in [1.82, 2.24) is 4.90 Å². The molecular formula is C20H25N. The molecule has 0 spiro atoms. The Labute approximate surface area is 129 Å². The van der Waals surface area contributed by atoms with Crippen molar-refractivity contribution in [3.8, 4) is 0 Å². The van der Waals surface area contributed by atoms with Crippen molar-refractivity contribution in [2.24, 2.45) is 0 Å². The third-order valence-corrected chi connectivity index (χ3v) is 2.48. The summed E-state index contributed by atoms with van der Waals surface area (Å²) < 4.78 is 0. The second kappa shape index (κ2) is 11.3. The summed E-state index contributed by atoms with van der Waals surface area (Å²) in [6.45, 7) is 19.3. The highest BCUT2D eigenvalue weighted by Gasteiger charge is 2.11. The summed E-state index contributed by atoms with van der Waals surface area (Å²) in [5, 5.41) is 0. The molecule has 0 atom stereocenters. The van der Waals surface area contributed by atoms with Gasteiger partial charge in [0.15, 0.2) is 0 Å². The quantitative estimate of drug-likeness (QED) is 0.479. The fraction of sp³-hybridized carbons (Fsp3) is 0.100. The Kier molecular flexibility index (Phi) is 9.93. The molecule has 0 aromatic carbocycles. The summed E-state index contributed by atoms with van der Waals surface area (Å²) in [5.74, 6) is 0. The Morgan fingerprint density at radius 3 is 1.57 bits per heavy atom. The fourth-order valence-corrected chi connectivity index (χ4v) is 1.73. The van der Waals surface area contributed by atoms with Crippen LogP contribution in [0.3, 0.4) is 0 Å². The highest BCUT2D eigenvalue weighted by molar-refractivity contribution is 5.39. The molecule has 21 heavy (non-hydrogen) atoms. The van der Waals surface area contributed by atoms with E-state index in [1.807, 2.05) is 67.4 Å². The van der Waals surface area contributed by atoms with Crippen LogP contribution in [0.15, 0.2) is 110 Å². The Morgan fingerprint density at radius 1 is 0.762 bits per heavy atom. The van der Waals surface area contributed by atoms with Crippen LogP contribution in [0.2, 0.25) is 0 Å². The van der Waals surface area contributed by atoms with Crippen LogP contribution in [0, 0.1) is 0 Å². The standard InChI is InChI=1S/C20H25N/c1-7-12-17-18(6)21(19(13-8-2)14-9-3)20(15-10-4)16-11-5/h7-17H,1-2,4,6H2,3,5H3/b14-9-,16-11-,17-12-,19-13+,20-15+. The molecule has 1 heteroatoms. The van der Waals surface area contributed by atoms with Crippen LogP contribution in [-0.4, -0.2) is 4.90 Å². The molecule has 0 saturated carbocycles. The lowest BCUT2D eigenvalue weighted by Gasteiger charge is -2.27. The van der Waals surface area contributed by atoms with Crippen molar-refractivity contribution in [3.63, 3.8) is 0 Å². The summed E-state index contributed by atoms with van der Waals surface area (Å²) in [4.78, 5) is 2.03. The highest BCUT2D eigenvalue weighted by atomic mass is 15.2. The molecule has 1 nitrogen and oxygen atoms in total. The number of allylic oxidation sites excluding steroid dienone is 11. The minimum atomic E-state index is 0.826. The maximum absolute atomic E-state index is 4.14. The van der Waals surface area contributed by atoms with Crippen LogP contribution in [0.25, 0.3) is 0 Å². The van der Waals surface area contributed by atoms with Crippen LogP contribution in [0.4, 0.5) is 0 Å². The maximum atomic E-state index is 4.14. The van der Waals surface area contributed by atoms with Gasteiger partial charge in [-0.3, -0.25) is 0 Å². The van der Waals surface area contributed by atoms with Crippen LogP contribution in [-0.2, 0) is 0 Å². The van der Waals surface area contributed by atoms with E-state index >= 15 is 0 Å². The van der Waals surface area contributed by atoms with Gasteiger partial charge in [0.2, 0.25) is 0 Å². The molecular weight excluding hydrogens is 254 g/mol. The molecule has 0 unspecified atom stereocenters. The third kappa shape index (κ3) is 6.44. The summed E-state index contributed by atoms with van der Waals surface area (Å²) in [5.41, 5.74) is 2.77. The van der Waals surface area contributed by atoms with E-state index in [2.05, 4.69) is 26.3 Å². The van der Waals surface area contributed by atoms with Crippen molar-refractivity contribution in [2.45, 2.75) is 13.8 Å². The zero-order valence-electron chi connectivity index (χ0n) is 13.1. The van der Waals surface area contributed by atoms with Crippen molar-refractivity contribution >= 4 is 0 Å². The van der Waals surface area contributed by atoms with Crippen molar-refractivity contribution in [1.29, 1.82) is 0 Å². The molecule has 0 fully saturated rings. The van der Waals surface area contributed by atoms with E-state index in [1.54, 1.807) is 18.2 Å². The Morgan fingerprint density at radius 2 is 1.24 bits per heavy atom. The highest BCUT2D eigenvalue weighted by Crippen LogP contribution is 2.23. The van der Waals surface area contributed by atoms with E-state index in [4.69, 9.17) is 0 Å². The number of nitrogens with zero attached hydrogens (tertiary/aromatic N) is 1. The number of hydrogen-bond donors (Lipinski definition) is 0. The molecule has 110 valence electrons. The third-order valence-electron chi connectivity index (χ3n) is 2.48. The molecule has 0 rings (SSSR count). The summed E-state index contributed by atoms with van der Waals surface area (Å²) >= 11 is 0. The minimum Gasteiger partial charge on any atom is -0.311 e. The van der Waals surface area contributed by atoms with Crippen LogP contribution in [0.1, 0.15) is 13.8 Å². The van der Waals surface area contributed by atoms with E-state index in [0.29, 0.717) is 0 Å². The van der Waals surface area contributed by atoms with Gasteiger partial charge >= 0.3 is 0 Å². The van der Waals surface area contributed by atoms with Gasteiger partial charge in [-0.15, -0.1) is 0 Å². The lowest BCUT2D eigenvalue weighted by atomic mass is 10.2. The average molecular weight is 279 g/mol. The van der Waals surface area contributed by atoms with Crippen molar-refractivity contribution < 1.29 is 0 Å². The first-order valence-corrected chi connectivity index (χ1v) is 6.85. The van der Waals surface area contributed by atoms with E-state index in [-0.39, 0.29) is 0 Å². The zero-order valence-corrected chi connectivity index (χ0v) is 13.1. The van der Waals surface area contributed by atoms with E-state index in [9.17, 15) is 0 Å². The van der Waals surface area contributed by atoms with Gasteiger partial charge in [-0.25, -0.2) is 0 Å². The van der Waals surface area contributed by atoms with Crippen molar-refractivity contribution in [2.75, 3.05) is 0 Å². The summed E-state index contributed by atoms with van der Waals surface area (Å²) in [6, 6.07) is 0. The summed E-state index contributed by atoms with van der Waals surface area (Å²) in [7, 11) is 0. The monoisotopic (exact) mass is 279 g/mol. The SMILES string of the molecule is C=C/C=C\C(=C)N(C(/C=C\C)=C/C=C)C(/C=C\C)=C/C=C. The van der Waals surface area contributed by atoms with E-state index < -0.39 is 0 Å². The topological polar surface area (TPSA) is 3.24 Å². The average Bonchev–Trinajstić information content (AvgIpc) is 2.46. The lowest BCUT2D eigenvalue weighted by molar-refractivity contribution is 0.580. The van der Waals surface area contributed by atoms with Gasteiger partial charge in [0.1, 0.15) is 0 Å². The Bertz CT molecular complexity index is 488. The first-order chi connectivity index (χ1) is 10.2. The molecule has 0 aromatic heterocycles. The summed E-state index contributed by atoms with van der Waals surface area (Å²) in [6.07, 6.45) is 20.9. The number of rotatable bonds is 9. The van der Waals surface area contributed by atoms with Crippen LogP contribution >= 0.6 is 0 Å². The molecule has 0 aliphatic rings. The molecule has 0 aromatic rings. The lowest BCUT2D eigenvalue weighted by Crippen LogP contribution is -2.18. The zero-order chi connectivity index (χ0) is 16.1. The molecule has 0 aliphatic heterocycles. The maximum Gasteiger partial charge on any atom is 0.0457 e. The van der Waals surface area contributed by atoms with Crippen molar-refractivity contribution in [3.05, 3.63) is 110 Å². The predicted octanol–water partition coefficient (Wildman–Crippen LogP) is 5.84. The molecule has 0 heterocycles. The fourth-order valence-electron chi connectivity index (χ4n) is 1.73. The van der Waals surface area contributed by atoms with E-state index in [0.717, 1.165) is 17.1 Å². The predicted molar refractivity (Wildman–Crippen MR) is 96.5 cm³/mol. The van der Waals surface area contributed by atoms with Crippen LogP contribution in [0.5, 0.6) is 0 Å². The first kappa shape index (κ1) is 18.5. The molecule has 0 saturated heterocycles. The van der Waals surface area contributed by atoms with Gasteiger partial charge < -0.3 is 4.90 Å². The molecule has 0 radical (unpaired) electrons. The minimum absolute atomic E-state index is 0.826. The Hall–Kier alpha value is -2.54. The number of hydrogen-bond acceptors (Lipinski definition) is 1. The first-order valence-electron chi connectivity index (χ1n) is 6.85. The van der Waals surface area contributed by atoms with Gasteiger partial charge in [-0.2, -0.15) is 0 Å². The van der Waals surface area contributed by atoms with Gasteiger partial charge in [-0.1, -0.05) is 62.8 Å². The molecule has 0 bridgehead atoms. The largest absolute Gasteiger partial charge is 0.311 e. The molecule has 0 N–H and O–H groups in total. The Balaban J connectivity index is 6.01. The second-order valence-corrected chi connectivity index (χ2v) is 4.08.